The molecule has 1 aromatic carbocycles. The van der Waals surface area contributed by atoms with Crippen LogP contribution in [0, 0.1) is 5.92 Å². The van der Waals surface area contributed by atoms with Crippen LogP contribution in [0.3, 0.4) is 0 Å². The highest BCUT2D eigenvalue weighted by Crippen LogP contribution is 2.29. The predicted molar refractivity (Wildman–Crippen MR) is 85.9 cm³/mol. The summed E-state index contributed by atoms with van der Waals surface area (Å²) in [5.41, 5.74) is 3.34. The summed E-state index contributed by atoms with van der Waals surface area (Å²) < 4.78 is 0. The fourth-order valence-electron chi connectivity index (χ4n) is 2.66. The number of aliphatic hydroxyl groups is 1. The number of anilines is 2. The molecule has 0 radical (unpaired) electrons. The highest BCUT2D eigenvalue weighted by atomic mass is 16.3. The number of urea groups is 1. The monoisotopic (exact) mass is 291 g/mol. The molecule has 1 atom stereocenters. The van der Waals surface area contributed by atoms with Crippen LogP contribution in [0.5, 0.6) is 0 Å². The van der Waals surface area contributed by atoms with Crippen LogP contribution in [0.15, 0.2) is 18.2 Å². The standard InChI is InChI=1S/C16H25N3O2/c1-3-12(7-9-20)11-17-16(21)18-14-5-4-13-6-8-19(2)15(13)10-14/h4-5,10,12,20H,3,6-9,11H2,1-2H3,(H2,17,18,21). The molecule has 1 aromatic rings. The van der Waals surface area contributed by atoms with Crippen molar-refractivity contribution in [2.45, 2.75) is 26.2 Å². The van der Waals surface area contributed by atoms with Crippen molar-refractivity contribution >= 4 is 17.4 Å². The quantitative estimate of drug-likeness (QED) is 0.753. The Hall–Kier alpha value is -1.75. The first-order chi connectivity index (χ1) is 10.1. The van der Waals surface area contributed by atoms with Gasteiger partial charge in [0.2, 0.25) is 0 Å². The minimum absolute atomic E-state index is 0.166. The van der Waals surface area contributed by atoms with Crippen molar-refractivity contribution in [1.82, 2.24) is 5.32 Å². The third-order valence-corrected chi connectivity index (χ3v) is 4.14. The molecule has 0 aliphatic carbocycles. The Balaban J connectivity index is 1.87. The molecule has 0 aromatic heterocycles. The number of aliphatic hydroxyl groups excluding tert-OH is 1. The normalized spacial score (nSPS) is 14.7. The second-order valence-electron chi connectivity index (χ2n) is 5.64. The topological polar surface area (TPSA) is 64.6 Å². The molecule has 0 fully saturated rings. The van der Waals surface area contributed by atoms with E-state index >= 15 is 0 Å². The van der Waals surface area contributed by atoms with E-state index in [9.17, 15) is 4.79 Å². The SMILES string of the molecule is CCC(CCO)CNC(=O)Nc1ccc2c(c1)N(C)CC2. The Morgan fingerprint density at radius 1 is 1.48 bits per heavy atom. The van der Waals surface area contributed by atoms with Crippen LogP contribution < -0.4 is 15.5 Å². The van der Waals surface area contributed by atoms with Crippen LogP contribution >= 0.6 is 0 Å². The maximum Gasteiger partial charge on any atom is 0.319 e. The van der Waals surface area contributed by atoms with Gasteiger partial charge in [0.15, 0.2) is 0 Å². The summed E-state index contributed by atoms with van der Waals surface area (Å²) in [6.45, 7) is 3.85. The van der Waals surface area contributed by atoms with Crippen molar-refractivity contribution in [1.29, 1.82) is 0 Å². The zero-order valence-electron chi connectivity index (χ0n) is 12.9. The van der Waals surface area contributed by atoms with E-state index in [-0.39, 0.29) is 12.6 Å². The fraction of sp³-hybridized carbons (Fsp3) is 0.562. The molecule has 116 valence electrons. The average Bonchev–Trinajstić information content (AvgIpc) is 2.85. The molecule has 2 amide bonds. The highest BCUT2D eigenvalue weighted by molar-refractivity contribution is 5.90. The second-order valence-corrected chi connectivity index (χ2v) is 5.64. The number of carbonyl (C=O) groups is 1. The number of hydrogen-bond donors (Lipinski definition) is 3. The number of likely N-dealkylation sites (N-methyl/N-ethyl adjacent to an activating group) is 1. The Labute approximate surface area is 126 Å². The largest absolute Gasteiger partial charge is 0.396 e. The van der Waals surface area contributed by atoms with Gasteiger partial charge in [-0.2, -0.15) is 0 Å². The van der Waals surface area contributed by atoms with E-state index in [0.717, 1.165) is 31.5 Å². The highest BCUT2D eigenvalue weighted by Gasteiger charge is 2.16. The van der Waals surface area contributed by atoms with Crippen LogP contribution in [0.1, 0.15) is 25.3 Å². The van der Waals surface area contributed by atoms with Crippen LogP contribution in [0.4, 0.5) is 16.2 Å². The molecule has 1 heterocycles. The smallest absolute Gasteiger partial charge is 0.319 e. The van der Waals surface area contributed by atoms with Crippen molar-refractivity contribution in [2.75, 3.05) is 37.0 Å². The summed E-state index contributed by atoms with van der Waals surface area (Å²) in [4.78, 5) is 14.1. The van der Waals surface area contributed by atoms with E-state index in [4.69, 9.17) is 5.11 Å². The molecule has 5 heteroatoms. The average molecular weight is 291 g/mol. The van der Waals surface area contributed by atoms with Gasteiger partial charge in [0.05, 0.1) is 0 Å². The zero-order chi connectivity index (χ0) is 15.2. The van der Waals surface area contributed by atoms with Crippen LogP contribution in [0.25, 0.3) is 0 Å². The maximum atomic E-state index is 11.9. The van der Waals surface area contributed by atoms with Crippen molar-refractivity contribution in [3.05, 3.63) is 23.8 Å². The summed E-state index contributed by atoms with van der Waals surface area (Å²) in [6, 6.07) is 5.86. The number of benzene rings is 1. The van der Waals surface area contributed by atoms with E-state index in [1.165, 1.54) is 11.3 Å². The Morgan fingerprint density at radius 3 is 3.00 bits per heavy atom. The lowest BCUT2D eigenvalue weighted by Crippen LogP contribution is -2.33. The molecule has 0 bridgehead atoms. The molecular formula is C16H25N3O2. The van der Waals surface area contributed by atoms with Gasteiger partial charge in [-0.15, -0.1) is 0 Å². The lowest BCUT2D eigenvalue weighted by Gasteiger charge is -2.16. The van der Waals surface area contributed by atoms with E-state index in [0.29, 0.717) is 12.5 Å². The van der Waals surface area contributed by atoms with Crippen molar-refractivity contribution in [3.63, 3.8) is 0 Å². The molecule has 21 heavy (non-hydrogen) atoms. The number of fused-ring (bicyclic) bond motifs is 1. The summed E-state index contributed by atoms with van der Waals surface area (Å²) in [5.74, 6) is 0.326. The Morgan fingerprint density at radius 2 is 2.29 bits per heavy atom. The molecule has 0 spiro atoms. The summed E-state index contributed by atoms with van der Waals surface area (Å²) in [7, 11) is 2.07. The lowest BCUT2D eigenvalue weighted by atomic mass is 10.0. The van der Waals surface area contributed by atoms with Gasteiger partial charge in [0.25, 0.3) is 0 Å². The molecule has 2 rings (SSSR count). The minimum atomic E-state index is -0.188. The first-order valence-electron chi connectivity index (χ1n) is 7.63. The zero-order valence-corrected chi connectivity index (χ0v) is 12.9. The first-order valence-corrected chi connectivity index (χ1v) is 7.63. The fourth-order valence-corrected chi connectivity index (χ4v) is 2.66. The molecule has 1 unspecified atom stereocenters. The molecule has 1 aliphatic rings. The maximum absolute atomic E-state index is 11.9. The van der Waals surface area contributed by atoms with Gasteiger partial charge < -0.3 is 20.6 Å². The number of nitrogens with one attached hydrogen (secondary N) is 2. The number of hydrogen-bond acceptors (Lipinski definition) is 3. The number of amides is 2. The van der Waals surface area contributed by atoms with Gasteiger partial charge in [-0.3, -0.25) is 0 Å². The van der Waals surface area contributed by atoms with E-state index in [1.807, 2.05) is 12.1 Å². The summed E-state index contributed by atoms with van der Waals surface area (Å²) in [6.07, 6.45) is 2.74. The van der Waals surface area contributed by atoms with Crippen LogP contribution in [0.2, 0.25) is 0 Å². The van der Waals surface area contributed by atoms with Gasteiger partial charge in [-0.25, -0.2) is 4.79 Å². The molecule has 0 saturated carbocycles. The molecule has 5 nitrogen and oxygen atoms in total. The van der Waals surface area contributed by atoms with Crippen LogP contribution in [-0.4, -0.2) is 37.9 Å². The van der Waals surface area contributed by atoms with E-state index in [2.05, 4.69) is 35.6 Å². The summed E-state index contributed by atoms with van der Waals surface area (Å²) >= 11 is 0. The minimum Gasteiger partial charge on any atom is -0.396 e. The Kier molecular flexibility index (Phi) is 5.44. The Bertz CT molecular complexity index is 490. The summed E-state index contributed by atoms with van der Waals surface area (Å²) in [5, 5.41) is 14.7. The van der Waals surface area contributed by atoms with E-state index < -0.39 is 0 Å². The van der Waals surface area contributed by atoms with Gasteiger partial charge >= 0.3 is 6.03 Å². The van der Waals surface area contributed by atoms with Gasteiger partial charge in [0, 0.05) is 38.1 Å². The van der Waals surface area contributed by atoms with Crippen molar-refractivity contribution in [3.8, 4) is 0 Å². The van der Waals surface area contributed by atoms with Gasteiger partial charge in [-0.1, -0.05) is 19.4 Å². The number of rotatable bonds is 6. The molecular weight excluding hydrogens is 266 g/mol. The number of nitrogens with zero attached hydrogens (tertiary/aromatic N) is 1. The van der Waals surface area contributed by atoms with Crippen LogP contribution in [-0.2, 0) is 6.42 Å². The molecule has 0 saturated heterocycles. The predicted octanol–water partition coefficient (Wildman–Crippen LogP) is 2.21. The van der Waals surface area contributed by atoms with Gasteiger partial charge in [0.1, 0.15) is 0 Å². The van der Waals surface area contributed by atoms with Crippen molar-refractivity contribution in [2.24, 2.45) is 5.92 Å². The number of carbonyl (C=O) groups excluding carboxylic acids is 1. The van der Waals surface area contributed by atoms with Crippen molar-refractivity contribution < 1.29 is 9.90 Å². The molecule has 1 aliphatic heterocycles. The lowest BCUT2D eigenvalue weighted by molar-refractivity contribution is 0.238. The third-order valence-electron chi connectivity index (χ3n) is 4.14. The second kappa shape index (κ2) is 7.31. The van der Waals surface area contributed by atoms with Gasteiger partial charge in [-0.05, 0) is 36.5 Å². The molecule has 3 N–H and O–H groups in total. The van der Waals surface area contributed by atoms with E-state index in [1.54, 1.807) is 0 Å². The third kappa shape index (κ3) is 4.11. The first kappa shape index (κ1) is 15.6.